The number of phenolic OH excluding ortho intramolecular Hbond substituents is 1. The normalized spacial score (nSPS) is 18.1. The molecule has 0 spiro atoms. The van der Waals surface area contributed by atoms with Crippen LogP contribution in [0.15, 0.2) is 12.1 Å². The second-order valence-corrected chi connectivity index (χ2v) is 5.79. The fourth-order valence-corrected chi connectivity index (χ4v) is 2.97. The summed E-state index contributed by atoms with van der Waals surface area (Å²) in [4.78, 5) is 0. The predicted octanol–water partition coefficient (Wildman–Crippen LogP) is 5.22. The fourth-order valence-electron chi connectivity index (χ4n) is 2.49. The predicted molar refractivity (Wildman–Crippen MR) is 77.9 cm³/mol. The van der Waals surface area contributed by atoms with Crippen LogP contribution in [0.3, 0.4) is 0 Å². The smallest absolute Gasteiger partial charge is 0.152 e. The van der Waals surface area contributed by atoms with Gasteiger partial charge in [-0.15, -0.1) is 0 Å². The van der Waals surface area contributed by atoms with Crippen LogP contribution in [0.25, 0.3) is 0 Å². The summed E-state index contributed by atoms with van der Waals surface area (Å²) in [6.45, 7) is 0. The topological polar surface area (TPSA) is 32.3 Å². The lowest BCUT2D eigenvalue weighted by atomic mass is 9.96. The molecule has 100 valence electrons. The molecule has 0 heterocycles. The molecule has 2 N–H and O–H groups in total. The number of hydrogen-bond donors (Lipinski definition) is 2. The summed E-state index contributed by atoms with van der Waals surface area (Å²) in [6, 6.07) is 3.96. The first-order valence-corrected chi connectivity index (χ1v) is 7.37. The number of hydrogen-bond acceptors (Lipinski definition) is 2. The van der Waals surface area contributed by atoms with Crippen molar-refractivity contribution in [1.29, 1.82) is 0 Å². The van der Waals surface area contributed by atoms with E-state index in [0.29, 0.717) is 16.1 Å². The summed E-state index contributed by atoms with van der Waals surface area (Å²) in [5, 5.41) is 13.6. The first kappa shape index (κ1) is 13.8. The van der Waals surface area contributed by atoms with Crippen LogP contribution in [0.1, 0.15) is 44.9 Å². The molecule has 0 unspecified atom stereocenters. The van der Waals surface area contributed by atoms with Crippen molar-refractivity contribution in [3.05, 3.63) is 22.2 Å². The van der Waals surface area contributed by atoms with Gasteiger partial charge in [-0.3, -0.25) is 0 Å². The average molecular weight is 288 g/mol. The Labute approximate surface area is 118 Å². The van der Waals surface area contributed by atoms with Crippen LogP contribution in [-0.4, -0.2) is 11.1 Å². The lowest BCUT2D eigenvalue weighted by Gasteiger charge is -2.22. The van der Waals surface area contributed by atoms with Crippen LogP contribution < -0.4 is 5.32 Å². The Bertz CT molecular complexity index is 378. The molecular weight excluding hydrogens is 269 g/mol. The van der Waals surface area contributed by atoms with Crippen LogP contribution in [0.4, 0.5) is 5.69 Å². The molecule has 18 heavy (non-hydrogen) atoms. The van der Waals surface area contributed by atoms with Crippen molar-refractivity contribution in [2.45, 2.75) is 51.0 Å². The van der Waals surface area contributed by atoms with E-state index in [4.69, 9.17) is 23.2 Å². The molecule has 0 aromatic heterocycles. The third-order valence-electron chi connectivity index (χ3n) is 3.49. The zero-order valence-corrected chi connectivity index (χ0v) is 11.9. The third kappa shape index (κ3) is 3.69. The van der Waals surface area contributed by atoms with Gasteiger partial charge in [-0.25, -0.2) is 0 Å². The Morgan fingerprint density at radius 2 is 1.44 bits per heavy atom. The van der Waals surface area contributed by atoms with E-state index in [0.717, 1.165) is 5.69 Å². The minimum absolute atomic E-state index is 0.0402. The molecule has 0 amide bonds. The minimum atomic E-state index is -0.0402. The fraction of sp³-hybridized carbons (Fsp3) is 0.571. The zero-order valence-electron chi connectivity index (χ0n) is 10.4. The highest BCUT2D eigenvalue weighted by Gasteiger charge is 2.13. The second kappa shape index (κ2) is 6.53. The van der Waals surface area contributed by atoms with Gasteiger partial charge in [-0.05, 0) is 25.0 Å². The Balaban J connectivity index is 2.03. The summed E-state index contributed by atoms with van der Waals surface area (Å²) >= 11 is 11.8. The zero-order chi connectivity index (χ0) is 13.0. The number of aromatic hydroxyl groups is 1. The first-order valence-electron chi connectivity index (χ1n) is 6.61. The van der Waals surface area contributed by atoms with E-state index in [2.05, 4.69) is 5.32 Å². The molecule has 1 aliphatic rings. The number of anilines is 1. The number of halogens is 2. The quantitative estimate of drug-likeness (QED) is 0.731. The number of phenols is 1. The summed E-state index contributed by atoms with van der Waals surface area (Å²) in [5.74, 6) is -0.0402. The molecule has 1 fully saturated rings. The van der Waals surface area contributed by atoms with Gasteiger partial charge in [-0.2, -0.15) is 0 Å². The van der Waals surface area contributed by atoms with Gasteiger partial charge in [-0.1, -0.05) is 55.3 Å². The van der Waals surface area contributed by atoms with Gasteiger partial charge >= 0.3 is 0 Å². The SMILES string of the molecule is Oc1c(Cl)cc(NC2CCCCCCC2)cc1Cl. The largest absolute Gasteiger partial charge is 0.505 e. The van der Waals surface area contributed by atoms with Crippen molar-refractivity contribution >= 4 is 28.9 Å². The molecule has 4 heteroatoms. The molecule has 1 aromatic carbocycles. The summed E-state index contributed by atoms with van der Waals surface area (Å²) in [6.07, 6.45) is 8.95. The Hall–Kier alpha value is -0.600. The van der Waals surface area contributed by atoms with Crippen LogP contribution in [-0.2, 0) is 0 Å². The standard InChI is InChI=1S/C14H19Cl2NO/c15-12-8-11(9-13(16)14(12)18)17-10-6-4-2-1-3-5-7-10/h8-10,17-18H,1-7H2. The summed E-state index contributed by atoms with van der Waals surface area (Å²) in [5.41, 5.74) is 0.897. The van der Waals surface area contributed by atoms with Gasteiger partial charge in [0, 0.05) is 11.7 Å². The number of benzene rings is 1. The van der Waals surface area contributed by atoms with Crippen LogP contribution >= 0.6 is 23.2 Å². The molecule has 1 aromatic rings. The molecule has 1 saturated carbocycles. The second-order valence-electron chi connectivity index (χ2n) is 4.97. The van der Waals surface area contributed by atoms with Crippen LogP contribution in [0.2, 0.25) is 10.0 Å². The maximum atomic E-state index is 9.53. The molecule has 0 saturated heterocycles. The monoisotopic (exact) mass is 287 g/mol. The molecule has 0 radical (unpaired) electrons. The molecule has 0 atom stereocenters. The van der Waals surface area contributed by atoms with Crippen molar-refractivity contribution in [2.24, 2.45) is 0 Å². The van der Waals surface area contributed by atoms with Crippen molar-refractivity contribution < 1.29 is 5.11 Å². The lowest BCUT2D eigenvalue weighted by molar-refractivity contribution is 0.470. The molecule has 2 rings (SSSR count). The van der Waals surface area contributed by atoms with E-state index >= 15 is 0 Å². The number of rotatable bonds is 2. The Morgan fingerprint density at radius 3 is 2.00 bits per heavy atom. The summed E-state index contributed by atoms with van der Waals surface area (Å²) in [7, 11) is 0. The molecule has 0 aliphatic heterocycles. The van der Waals surface area contributed by atoms with Crippen molar-refractivity contribution in [2.75, 3.05) is 5.32 Å². The highest BCUT2D eigenvalue weighted by molar-refractivity contribution is 6.37. The highest BCUT2D eigenvalue weighted by Crippen LogP contribution is 2.35. The van der Waals surface area contributed by atoms with Gasteiger partial charge in [0.25, 0.3) is 0 Å². The summed E-state index contributed by atoms with van der Waals surface area (Å²) < 4.78 is 0. The van der Waals surface area contributed by atoms with E-state index in [-0.39, 0.29) is 5.75 Å². The first-order chi connectivity index (χ1) is 8.66. The van der Waals surface area contributed by atoms with E-state index < -0.39 is 0 Å². The van der Waals surface area contributed by atoms with E-state index in [1.165, 1.54) is 44.9 Å². The Morgan fingerprint density at radius 1 is 0.944 bits per heavy atom. The highest BCUT2D eigenvalue weighted by atomic mass is 35.5. The van der Waals surface area contributed by atoms with Gasteiger partial charge < -0.3 is 10.4 Å². The average Bonchev–Trinajstić information content (AvgIpc) is 2.29. The van der Waals surface area contributed by atoms with E-state index in [1.54, 1.807) is 12.1 Å². The number of nitrogens with one attached hydrogen (secondary N) is 1. The van der Waals surface area contributed by atoms with Crippen molar-refractivity contribution in [3.63, 3.8) is 0 Å². The lowest BCUT2D eigenvalue weighted by Crippen LogP contribution is -2.20. The van der Waals surface area contributed by atoms with E-state index in [9.17, 15) is 5.11 Å². The maximum absolute atomic E-state index is 9.53. The van der Waals surface area contributed by atoms with Crippen LogP contribution in [0.5, 0.6) is 5.75 Å². The van der Waals surface area contributed by atoms with Crippen molar-refractivity contribution in [1.82, 2.24) is 0 Å². The Kier molecular flexibility index (Phi) is 5.02. The van der Waals surface area contributed by atoms with Gasteiger partial charge in [0.15, 0.2) is 5.75 Å². The van der Waals surface area contributed by atoms with Crippen LogP contribution in [0, 0.1) is 0 Å². The van der Waals surface area contributed by atoms with Crippen molar-refractivity contribution in [3.8, 4) is 5.75 Å². The maximum Gasteiger partial charge on any atom is 0.152 e. The minimum Gasteiger partial charge on any atom is -0.505 e. The molecule has 0 bridgehead atoms. The van der Waals surface area contributed by atoms with E-state index in [1.807, 2.05) is 0 Å². The van der Waals surface area contributed by atoms with Gasteiger partial charge in [0.05, 0.1) is 10.0 Å². The van der Waals surface area contributed by atoms with Gasteiger partial charge in [0.2, 0.25) is 0 Å². The molecule has 2 nitrogen and oxygen atoms in total. The molecule has 1 aliphatic carbocycles. The van der Waals surface area contributed by atoms with Gasteiger partial charge in [0.1, 0.15) is 0 Å². The third-order valence-corrected chi connectivity index (χ3v) is 4.07. The molecular formula is C14H19Cl2NO.